The molecule has 4 fully saturated rings. The van der Waals surface area contributed by atoms with Gasteiger partial charge in [-0.2, -0.15) is 0 Å². The van der Waals surface area contributed by atoms with Gasteiger partial charge in [-0.05, 0) is 109 Å². The Bertz CT molecular complexity index is 897. The van der Waals surface area contributed by atoms with Crippen LogP contribution in [0.1, 0.15) is 127 Å². The molecule has 0 aromatic carbocycles. The number of hydrogen-bond donors (Lipinski definition) is 0. The molecule has 192 valence electrons. The fourth-order valence-corrected chi connectivity index (χ4v) is 10.8. The summed E-state index contributed by atoms with van der Waals surface area (Å²) < 4.78 is 5.86. The minimum atomic E-state index is -0.126. The third-order valence-electron chi connectivity index (χ3n) is 13.3. The summed E-state index contributed by atoms with van der Waals surface area (Å²) in [5.41, 5.74) is 3.81. The molecule has 0 radical (unpaired) electrons. The summed E-state index contributed by atoms with van der Waals surface area (Å²) in [6.45, 7) is 22.1. The Balaban J connectivity index is 1.52. The van der Waals surface area contributed by atoms with Gasteiger partial charge < -0.3 is 4.74 Å². The minimum Gasteiger partial charge on any atom is -0.462 e. The van der Waals surface area contributed by atoms with E-state index < -0.39 is 0 Å². The van der Waals surface area contributed by atoms with E-state index in [1.165, 1.54) is 57.8 Å². The summed E-state index contributed by atoms with van der Waals surface area (Å²) in [6, 6.07) is 0. The van der Waals surface area contributed by atoms with E-state index in [0.29, 0.717) is 33.0 Å². The number of ether oxygens (including phenoxy) is 1. The van der Waals surface area contributed by atoms with Crippen molar-refractivity contribution >= 4 is 5.97 Å². The highest BCUT2D eigenvalue weighted by atomic mass is 16.5. The standard InChI is InChI=1S/C32H52O2/c1-21(33)34-26-13-11-23-22(28(26,4)5)10-12-24-30(23,7)17-19-32(9)25-20-27(2,3)14-15-29(25,6)16-18-31(24,32)8/h10,23-26H,11-20H2,1-9H3/t23-,24+,25+,26+,29-,30+,31-,32+/m1/s1. The molecule has 0 heterocycles. The average Bonchev–Trinajstić information content (AvgIpc) is 2.73. The van der Waals surface area contributed by atoms with Crippen molar-refractivity contribution in [2.24, 2.45) is 50.2 Å². The van der Waals surface area contributed by atoms with Gasteiger partial charge in [-0.1, -0.05) is 67.0 Å². The predicted octanol–water partition coefficient (Wildman–Crippen LogP) is 8.74. The molecule has 5 aliphatic carbocycles. The molecule has 0 N–H and O–H groups in total. The van der Waals surface area contributed by atoms with Gasteiger partial charge in [0.15, 0.2) is 0 Å². The third kappa shape index (κ3) is 3.21. The van der Waals surface area contributed by atoms with E-state index in [4.69, 9.17) is 4.74 Å². The zero-order valence-electron chi connectivity index (χ0n) is 23.8. The quantitative estimate of drug-likeness (QED) is 0.284. The lowest BCUT2D eigenvalue weighted by atomic mass is 9.31. The van der Waals surface area contributed by atoms with Gasteiger partial charge in [0.2, 0.25) is 0 Å². The number of carbonyl (C=O) groups excluding carboxylic acids is 1. The molecule has 0 unspecified atom stereocenters. The molecular weight excluding hydrogens is 416 g/mol. The van der Waals surface area contributed by atoms with Crippen LogP contribution in [0, 0.1) is 50.2 Å². The number of allylic oxidation sites excluding steroid dienone is 1. The summed E-state index contributed by atoms with van der Waals surface area (Å²) in [6.07, 6.45) is 15.9. The van der Waals surface area contributed by atoms with Gasteiger partial charge in [-0.25, -0.2) is 0 Å². The molecular formula is C32H52O2. The van der Waals surface area contributed by atoms with E-state index in [2.05, 4.69) is 61.5 Å². The zero-order valence-corrected chi connectivity index (χ0v) is 23.8. The normalized spacial score (nSPS) is 51.1. The molecule has 0 aromatic heterocycles. The van der Waals surface area contributed by atoms with Crippen molar-refractivity contribution in [3.63, 3.8) is 0 Å². The van der Waals surface area contributed by atoms with Crippen LogP contribution in [0.4, 0.5) is 0 Å². The van der Waals surface area contributed by atoms with Crippen LogP contribution in [0.15, 0.2) is 11.6 Å². The third-order valence-corrected chi connectivity index (χ3v) is 13.3. The first-order valence-corrected chi connectivity index (χ1v) is 14.5. The first kappa shape index (κ1) is 24.9. The van der Waals surface area contributed by atoms with Crippen molar-refractivity contribution in [2.75, 3.05) is 0 Å². The zero-order chi connectivity index (χ0) is 24.9. The van der Waals surface area contributed by atoms with Crippen molar-refractivity contribution in [1.29, 1.82) is 0 Å². The average molecular weight is 469 g/mol. The molecule has 2 heteroatoms. The number of rotatable bonds is 1. The molecule has 0 amide bonds. The van der Waals surface area contributed by atoms with E-state index in [-0.39, 0.29) is 17.5 Å². The van der Waals surface area contributed by atoms with Crippen molar-refractivity contribution < 1.29 is 9.53 Å². The molecule has 0 aromatic rings. The van der Waals surface area contributed by atoms with E-state index in [9.17, 15) is 4.79 Å². The second kappa shape index (κ2) is 7.38. The number of carbonyl (C=O) groups is 1. The van der Waals surface area contributed by atoms with Crippen LogP contribution in [0.25, 0.3) is 0 Å². The van der Waals surface area contributed by atoms with E-state index in [1.807, 2.05) is 0 Å². The van der Waals surface area contributed by atoms with E-state index in [1.54, 1.807) is 12.5 Å². The smallest absolute Gasteiger partial charge is 0.302 e. The Morgan fingerprint density at radius 1 is 0.824 bits per heavy atom. The summed E-state index contributed by atoms with van der Waals surface area (Å²) in [5.74, 6) is 2.14. The molecule has 5 rings (SSSR count). The van der Waals surface area contributed by atoms with Gasteiger partial charge >= 0.3 is 5.97 Å². The first-order valence-electron chi connectivity index (χ1n) is 14.5. The first-order chi connectivity index (χ1) is 15.6. The highest BCUT2D eigenvalue weighted by Crippen LogP contribution is 2.77. The Labute approximate surface area is 210 Å². The maximum absolute atomic E-state index is 11.8. The predicted molar refractivity (Wildman–Crippen MR) is 140 cm³/mol. The molecule has 0 spiro atoms. The van der Waals surface area contributed by atoms with Crippen LogP contribution >= 0.6 is 0 Å². The minimum absolute atomic E-state index is 0.0250. The Kier molecular flexibility index (Phi) is 5.40. The summed E-state index contributed by atoms with van der Waals surface area (Å²) in [4.78, 5) is 11.8. The van der Waals surface area contributed by atoms with Gasteiger partial charge in [0.05, 0.1) is 0 Å². The van der Waals surface area contributed by atoms with Crippen LogP contribution in [0.2, 0.25) is 0 Å². The molecule has 0 saturated heterocycles. The molecule has 0 aliphatic heterocycles. The molecule has 0 bridgehead atoms. The molecule has 8 atom stereocenters. The van der Waals surface area contributed by atoms with Crippen LogP contribution < -0.4 is 0 Å². The lowest BCUT2D eigenvalue weighted by Crippen LogP contribution is -2.65. The SMILES string of the molecule is CC(=O)O[C@H]1CC[C@@H]2C(=CC[C@H]3[C@@]2(C)CC[C@@]2(C)[C@H]4CC(C)(C)CC[C@]4(C)CC[C@]32C)C1(C)C. The highest BCUT2D eigenvalue weighted by Gasteiger charge is 2.69. The number of fused-ring (bicyclic) bond motifs is 7. The fraction of sp³-hybridized carbons (Fsp3) is 0.906. The van der Waals surface area contributed by atoms with Gasteiger partial charge in [0.1, 0.15) is 6.10 Å². The second-order valence-electron chi connectivity index (χ2n) is 15.8. The summed E-state index contributed by atoms with van der Waals surface area (Å²) >= 11 is 0. The van der Waals surface area contributed by atoms with Crippen molar-refractivity contribution in [3.8, 4) is 0 Å². The van der Waals surface area contributed by atoms with E-state index >= 15 is 0 Å². The van der Waals surface area contributed by atoms with Crippen LogP contribution in [-0.4, -0.2) is 12.1 Å². The number of hydrogen-bond acceptors (Lipinski definition) is 2. The fourth-order valence-electron chi connectivity index (χ4n) is 10.8. The summed E-state index contributed by atoms with van der Waals surface area (Å²) in [7, 11) is 0. The largest absolute Gasteiger partial charge is 0.462 e. The van der Waals surface area contributed by atoms with E-state index in [0.717, 1.165) is 18.3 Å². The number of esters is 1. The van der Waals surface area contributed by atoms with Crippen molar-refractivity contribution in [3.05, 3.63) is 11.6 Å². The summed E-state index contributed by atoms with van der Waals surface area (Å²) in [5, 5.41) is 0. The Morgan fingerprint density at radius 3 is 2.12 bits per heavy atom. The topological polar surface area (TPSA) is 26.3 Å². The van der Waals surface area contributed by atoms with Crippen LogP contribution in [0.5, 0.6) is 0 Å². The second-order valence-corrected chi connectivity index (χ2v) is 15.8. The monoisotopic (exact) mass is 468 g/mol. The maximum atomic E-state index is 11.8. The lowest BCUT2D eigenvalue weighted by molar-refractivity contribution is -0.231. The maximum Gasteiger partial charge on any atom is 0.302 e. The Hall–Kier alpha value is -0.790. The highest BCUT2D eigenvalue weighted by molar-refractivity contribution is 5.66. The molecule has 34 heavy (non-hydrogen) atoms. The van der Waals surface area contributed by atoms with Crippen LogP contribution in [-0.2, 0) is 9.53 Å². The molecule has 4 saturated carbocycles. The van der Waals surface area contributed by atoms with Crippen molar-refractivity contribution in [2.45, 2.75) is 133 Å². The van der Waals surface area contributed by atoms with Crippen LogP contribution in [0.3, 0.4) is 0 Å². The molecule has 2 nitrogen and oxygen atoms in total. The van der Waals surface area contributed by atoms with Gasteiger partial charge in [0.25, 0.3) is 0 Å². The van der Waals surface area contributed by atoms with Gasteiger partial charge in [0, 0.05) is 12.3 Å². The molecule has 5 aliphatic rings. The lowest BCUT2D eigenvalue weighted by Gasteiger charge is -2.73. The van der Waals surface area contributed by atoms with Gasteiger partial charge in [-0.15, -0.1) is 0 Å². The van der Waals surface area contributed by atoms with Crippen molar-refractivity contribution in [1.82, 2.24) is 0 Å². The van der Waals surface area contributed by atoms with Gasteiger partial charge in [-0.3, -0.25) is 4.79 Å². The Morgan fingerprint density at radius 2 is 1.44 bits per heavy atom.